The van der Waals surface area contributed by atoms with Crippen molar-refractivity contribution in [3.63, 3.8) is 0 Å². The quantitative estimate of drug-likeness (QED) is 0.793. The molecule has 3 heterocycles. The van der Waals surface area contributed by atoms with Crippen LogP contribution in [0.25, 0.3) is 11.4 Å². The summed E-state index contributed by atoms with van der Waals surface area (Å²) in [6.45, 7) is 0. The molecule has 0 saturated carbocycles. The highest BCUT2D eigenvalue weighted by Crippen LogP contribution is 2.13. The molecule has 21 heavy (non-hydrogen) atoms. The standard InChI is InChI=1S/C15H11N5O/c21-15(13-6-2-4-10-17-13)18-14-8-7-12(19-20-14)11-5-1-3-9-16-11/h1-10H,(H,18,20,21). The molecule has 0 unspecified atom stereocenters. The summed E-state index contributed by atoms with van der Waals surface area (Å²) in [5.74, 6) is 0.0424. The number of pyridine rings is 2. The van der Waals surface area contributed by atoms with Crippen molar-refractivity contribution in [2.24, 2.45) is 0 Å². The Morgan fingerprint density at radius 1 is 0.810 bits per heavy atom. The lowest BCUT2D eigenvalue weighted by Crippen LogP contribution is -2.14. The van der Waals surface area contributed by atoms with E-state index in [4.69, 9.17) is 0 Å². The Hall–Kier alpha value is -3.15. The van der Waals surface area contributed by atoms with Crippen LogP contribution in [0.15, 0.2) is 60.9 Å². The maximum absolute atomic E-state index is 11.9. The first-order valence-corrected chi connectivity index (χ1v) is 6.30. The van der Waals surface area contributed by atoms with Crippen molar-refractivity contribution >= 4 is 11.7 Å². The minimum Gasteiger partial charge on any atom is -0.304 e. The molecule has 3 aromatic heterocycles. The van der Waals surface area contributed by atoms with Crippen LogP contribution in [0.4, 0.5) is 5.82 Å². The Kier molecular flexibility index (Phi) is 3.60. The first-order valence-electron chi connectivity index (χ1n) is 6.30. The number of anilines is 1. The molecule has 0 aromatic carbocycles. The summed E-state index contributed by atoms with van der Waals surface area (Å²) < 4.78 is 0. The van der Waals surface area contributed by atoms with Gasteiger partial charge in [-0.05, 0) is 36.4 Å². The van der Waals surface area contributed by atoms with Crippen molar-refractivity contribution in [1.82, 2.24) is 20.2 Å². The van der Waals surface area contributed by atoms with Crippen LogP contribution in [0.5, 0.6) is 0 Å². The minimum absolute atomic E-state index is 0.324. The zero-order valence-corrected chi connectivity index (χ0v) is 11.0. The molecule has 0 aliphatic rings. The fourth-order valence-electron chi connectivity index (χ4n) is 1.73. The summed E-state index contributed by atoms with van der Waals surface area (Å²) in [5.41, 5.74) is 1.70. The van der Waals surface area contributed by atoms with Gasteiger partial charge in [0.25, 0.3) is 5.91 Å². The number of nitrogens with one attached hydrogen (secondary N) is 1. The van der Waals surface area contributed by atoms with E-state index < -0.39 is 0 Å². The molecule has 3 rings (SSSR count). The lowest BCUT2D eigenvalue weighted by Gasteiger charge is -2.04. The fraction of sp³-hybridized carbons (Fsp3) is 0. The third-order valence-corrected chi connectivity index (χ3v) is 2.73. The summed E-state index contributed by atoms with van der Waals surface area (Å²) in [5, 5.41) is 10.7. The van der Waals surface area contributed by atoms with Gasteiger partial charge in [-0.25, -0.2) is 0 Å². The SMILES string of the molecule is O=C(Nc1ccc(-c2ccccn2)nn1)c1ccccn1. The largest absolute Gasteiger partial charge is 0.304 e. The van der Waals surface area contributed by atoms with Gasteiger partial charge in [-0.2, -0.15) is 0 Å². The molecular weight excluding hydrogens is 266 g/mol. The topological polar surface area (TPSA) is 80.7 Å². The summed E-state index contributed by atoms with van der Waals surface area (Å²) in [7, 11) is 0. The smallest absolute Gasteiger partial charge is 0.275 e. The van der Waals surface area contributed by atoms with E-state index in [1.54, 1.807) is 42.7 Å². The average Bonchev–Trinajstić information content (AvgIpc) is 2.57. The van der Waals surface area contributed by atoms with E-state index in [0.29, 0.717) is 17.2 Å². The van der Waals surface area contributed by atoms with Gasteiger partial charge in [-0.15, -0.1) is 10.2 Å². The molecule has 3 aromatic rings. The highest BCUT2D eigenvalue weighted by atomic mass is 16.1. The lowest BCUT2D eigenvalue weighted by molar-refractivity contribution is 0.102. The Bertz CT molecular complexity index is 729. The van der Waals surface area contributed by atoms with E-state index in [-0.39, 0.29) is 5.91 Å². The number of hydrogen-bond donors (Lipinski definition) is 1. The van der Waals surface area contributed by atoms with E-state index in [0.717, 1.165) is 5.69 Å². The molecule has 0 atom stereocenters. The Labute approximate surface area is 120 Å². The maximum atomic E-state index is 11.9. The molecule has 0 bridgehead atoms. The fourth-order valence-corrected chi connectivity index (χ4v) is 1.73. The van der Waals surface area contributed by atoms with Crippen LogP contribution in [0.2, 0.25) is 0 Å². The van der Waals surface area contributed by atoms with Crippen LogP contribution in [-0.4, -0.2) is 26.1 Å². The van der Waals surface area contributed by atoms with Crippen molar-refractivity contribution in [1.29, 1.82) is 0 Å². The number of amides is 1. The van der Waals surface area contributed by atoms with Gasteiger partial charge in [0.15, 0.2) is 5.82 Å². The van der Waals surface area contributed by atoms with E-state index in [2.05, 4.69) is 25.5 Å². The number of carbonyl (C=O) groups is 1. The van der Waals surface area contributed by atoms with Crippen molar-refractivity contribution in [3.8, 4) is 11.4 Å². The highest BCUT2D eigenvalue weighted by molar-refractivity contribution is 6.02. The molecule has 0 aliphatic carbocycles. The molecular formula is C15H11N5O. The van der Waals surface area contributed by atoms with Crippen molar-refractivity contribution in [2.45, 2.75) is 0 Å². The second-order valence-electron chi connectivity index (χ2n) is 4.19. The second kappa shape index (κ2) is 5.87. The summed E-state index contributed by atoms with van der Waals surface area (Å²) in [4.78, 5) is 20.1. The number of hydrogen-bond acceptors (Lipinski definition) is 5. The molecule has 6 heteroatoms. The van der Waals surface area contributed by atoms with Crippen molar-refractivity contribution < 1.29 is 4.79 Å². The van der Waals surface area contributed by atoms with E-state index in [9.17, 15) is 4.79 Å². The monoisotopic (exact) mass is 277 g/mol. The molecule has 1 N–H and O–H groups in total. The zero-order chi connectivity index (χ0) is 14.5. The van der Waals surface area contributed by atoms with Gasteiger partial charge in [0.05, 0.1) is 5.69 Å². The van der Waals surface area contributed by atoms with Gasteiger partial charge in [0.2, 0.25) is 0 Å². The van der Waals surface area contributed by atoms with Crippen LogP contribution < -0.4 is 5.32 Å². The normalized spacial score (nSPS) is 10.1. The Morgan fingerprint density at radius 3 is 2.24 bits per heavy atom. The first kappa shape index (κ1) is 12.9. The summed E-state index contributed by atoms with van der Waals surface area (Å²) in [6, 6.07) is 14.1. The zero-order valence-electron chi connectivity index (χ0n) is 11.0. The highest BCUT2D eigenvalue weighted by Gasteiger charge is 2.08. The second-order valence-corrected chi connectivity index (χ2v) is 4.19. The molecule has 0 saturated heterocycles. The van der Waals surface area contributed by atoms with Gasteiger partial charge < -0.3 is 5.32 Å². The molecule has 0 aliphatic heterocycles. The van der Waals surface area contributed by atoms with Crippen molar-refractivity contribution in [2.75, 3.05) is 5.32 Å². The lowest BCUT2D eigenvalue weighted by atomic mass is 10.2. The van der Waals surface area contributed by atoms with Crippen LogP contribution in [0.3, 0.4) is 0 Å². The molecule has 1 amide bonds. The van der Waals surface area contributed by atoms with Gasteiger partial charge >= 0.3 is 0 Å². The number of carbonyl (C=O) groups excluding carboxylic acids is 1. The number of aromatic nitrogens is 4. The van der Waals surface area contributed by atoms with E-state index in [1.807, 2.05) is 18.2 Å². The molecule has 0 spiro atoms. The number of nitrogens with zero attached hydrogens (tertiary/aromatic N) is 4. The Balaban J connectivity index is 1.75. The first-order chi connectivity index (χ1) is 10.3. The molecule has 6 nitrogen and oxygen atoms in total. The summed E-state index contributed by atoms with van der Waals surface area (Å²) in [6.07, 6.45) is 3.25. The van der Waals surface area contributed by atoms with Crippen LogP contribution >= 0.6 is 0 Å². The Morgan fingerprint density at radius 2 is 1.62 bits per heavy atom. The van der Waals surface area contributed by atoms with Gasteiger partial charge in [0, 0.05) is 12.4 Å². The third kappa shape index (κ3) is 3.06. The van der Waals surface area contributed by atoms with E-state index >= 15 is 0 Å². The molecule has 102 valence electrons. The summed E-state index contributed by atoms with van der Waals surface area (Å²) >= 11 is 0. The van der Waals surface area contributed by atoms with Gasteiger partial charge in [-0.3, -0.25) is 14.8 Å². The average molecular weight is 277 g/mol. The van der Waals surface area contributed by atoms with Crippen LogP contribution in [0.1, 0.15) is 10.5 Å². The predicted molar refractivity (Wildman–Crippen MR) is 77.5 cm³/mol. The predicted octanol–water partition coefficient (Wildman–Crippen LogP) is 2.19. The molecule has 0 radical (unpaired) electrons. The maximum Gasteiger partial charge on any atom is 0.275 e. The van der Waals surface area contributed by atoms with Gasteiger partial charge in [-0.1, -0.05) is 12.1 Å². The minimum atomic E-state index is -0.324. The van der Waals surface area contributed by atoms with Crippen LogP contribution in [0, 0.1) is 0 Å². The van der Waals surface area contributed by atoms with Crippen LogP contribution in [-0.2, 0) is 0 Å². The number of rotatable bonds is 3. The van der Waals surface area contributed by atoms with Crippen molar-refractivity contribution in [3.05, 3.63) is 66.6 Å². The molecule has 0 fully saturated rings. The third-order valence-electron chi connectivity index (χ3n) is 2.73. The van der Waals surface area contributed by atoms with E-state index in [1.165, 1.54) is 0 Å². The van der Waals surface area contributed by atoms with Gasteiger partial charge in [0.1, 0.15) is 11.4 Å².